The summed E-state index contributed by atoms with van der Waals surface area (Å²) in [6.45, 7) is 0.669. The second kappa shape index (κ2) is 6.69. The summed E-state index contributed by atoms with van der Waals surface area (Å²) in [4.78, 5) is 36.4. The van der Waals surface area contributed by atoms with Crippen LogP contribution in [0.2, 0.25) is 0 Å². The Hall–Kier alpha value is -1.90. The fourth-order valence-electron chi connectivity index (χ4n) is 2.56. The lowest BCUT2D eigenvalue weighted by atomic mass is 10.1. The summed E-state index contributed by atoms with van der Waals surface area (Å²) in [5.41, 5.74) is 1.46. The minimum atomic E-state index is -0.485. The quantitative estimate of drug-likeness (QED) is 0.743. The predicted molar refractivity (Wildman–Crippen MR) is 85.9 cm³/mol. The van der Waals surface area contributed by atoms with Crippen LogP contribution in [0.5, 0.6) is 0 Å². The molecule has 0 saturated carbocycles. The van der Waals surface area contributed by atoms with E-state index < -0.39 is 6.10 Å². The number of rotatable bonds is 4. The third-order valence-corrected chi connectivity index (χ3v) is 4.69. The molecule has 0 radical (unpaired) electrons. The smallest absolute Gasteiger partial charge is 0.289 e. The van der Waals surface area contributed by atoms with Gasteiger partial charge in [0.1, 0.15) is 0 Å². The number of nitrogens with one attached hydrogen (secondary N) is 2. The van der Waals surface area contributed by atoms with Crippen LogP contribution in [0.1, 0.15) is 12.0 Å². The van der Waals surface area contributed by atoms with Crippen molar-refractivity contribution in [1.82, 2.24) is 10.2 Å². The molecule has 0 aromatic heterocycles. The van der Waals surface area contributed by atoms with Crippen LogP contribution in [-0.4, -0.2) is 51.5 Å². The summed E-state index contributed by atoms with van der Waals surface area (Å²) < 4.78 is 0. The molecule has 1 aromatic carbocycles. The standard InChI is InChI=1S/C15H17N3O4S/c19-11-5-12(16-6-11)14(21)17-10-3-1-9(2-4-10)7-18-13(20)8-23-15(18)22/h1-4,11-12,16,19H,5-8H2,(H,17,21). The Morgan fingerprint density at radius 2 is 2.09 bits per heavy atom. The topological polar surface area (TPSA) is 98.7 Å². The molecule has 1 aromatic rings. The molecule has 23 heavy (non-hydrogen) atoms. The maximum absolute atomic E-state index is 12.0. The molecule has 2 aliphatic heterocycles. The van der Waals surface area contributed by atoms with Crippen molar-refractivity contribution in [1.29, 1.82) is 0 Å². The Kier molecular flexibility index (Phi) is 4.65. The number of carbonyl (C=O) groups excluding carboxylic acids is 3. The number of hydrogen-bond acceptors (Lipinski definition) is 6. The van der Waals surface area contributed by atoms with Crippen molar-refractivity contribution in [2.75, 3.05) is 17.6 Å². The summed E-state index contributed by atoms with van der Waals surface area (Å²) in [5.74, 6) is -0.161. The molecule has 0 aliphatic carbocycles. The molecule has 0 bridgehead atoms. The van der Waals surface area contributed by atoms with Crippen LogP contribution >= 0.6 is 11.8 Å². The summed E-state index contributed by atoms with van der Waals surface area (Å²) in [6.07, 6.45) is -0.0812. The van der Waals surface area contributed by atoms with Crippen LogP contribution in [0.3, 0.4) is 0 Å². The van der Waals surface area contributed by atoms with Crippen LogP contribution in [0.25, 0.3) is 0 Å². The SMILES string of the molecule is O=C(Nc1ccc(CN2C(=O)CSC2=O)cc1)C1CC(O)CN1. The number of aliphatic hydroxyl groups excluding tert-OH is 1. The van der Waals surface area contributed by atoms with Crippen LogP contribution in [0.15, 0.2) is 24.3 Å². The van der Waals surface area contributed by atoms with E-state index in [-0.39, 0.29) is 35.4 Å². The maximum Gasteiger partial charge on any atom is 0.289 e. The Morgan fingerprint density at radius 1 is 1.35 bits per heavy atom. The first-order valence-electron chi connectivity index (χ1n) is 7.31. The Bertz CT molecular complexity index is 618. The number of benzene rings is 1. The third kappa shape index (κ3) is 3.72. The average Bonchev–Trinajstić information content (AvgIpc) is 3.10. The van der Waals surface area contributed by atoms with Crippen LogP contribution in [0.4, 0.5) is 10.5 Å². The van der Waals surface area contributed by atoms with Gasteiger partial charge in [-0.2, -0.15) is 0 Å². The lowest BCUT2D eigenvalue weighted by Gasteiger charge is -2.14. The van der Waals surface area contributed by atoms with E-state index in [4.69, 9.17) is 0 Å². The summed E-state index contributed by atoms with van der Waals surface area (Å²) in [5, 5.41) is 14.9. The maximum atomic E-state index is 12.0. The largest absolute Gasteiger partial charge is 0.392 e. The molecule has 3 rings (SSSR count). The van der Waals surface area contributed by atoms with Gasteiger partial charge in [-0.3, -0.25) is 19.3 Å². The highest BCUT2D eigenvalue weighted by atomic mass is 32.2. The van der Waals surface area contributed by atoms with Crippen molar-refractivity contribution in [2.24, 2.45) is 0 Å². The van der Waals surface area contributed by atoms with Gasteiger partial charge in [0.15, 0.2) is 0 Å². The number of imide groups is 1. The molecule has 122 valence electrons. The van der Waals surface area contributed by atoms with Crippen LogP contribution < -0.4 is 10.6 Å². The van der Waals surface area contributed by atoms with Crippen LogP contribution in [0, 0.1) is 0 Å². The molecule has 2 unspecified atom stereocenters. The molecular formula is C15H17N3O4S. The normalized spacial score (nSPS) is 24.3. The molecule has 2 aliphatic rings. The zero-order valence-corrected chi connectivity index (χ0v) is 13.1. The third-order valence-electron chi connectivity index (χ3n) is 3.83. The van der Waals surface area contributed by atoms with E-state index in [1.165, 1.54) is 4.90 Å². The molecule has 2 saturated heterocycles. The lowest BCUT2D eigenvalue weighted by molar-refractivity contribution is -0.125. The molecular weight excluding hydrogens is 318 g/mol. The second-order valence-electron chi connectivity index (χ2n) is 5.57. The second-order valence-corrected chi connectivity index (χ2v) is 6.50. The number of aliphatic hydroxyl groups is 1. The van der Waals surface area contributed by atoms with E-state index >= 15 is 0 Å². The predicted octanol–water partition coefficient (Wildman–Crippen LogP) is 0.543. The fourth-order valence-corrected chi connectivity index (χ4v) is 3.28. The molecule has 3 N–H and O–H groups in total. The van der Waals surface area contributed by atoms with E-state index in [1.807, 2.05) is 0 Å². The number of anilines is 1. The highest BCUT2D eigenvalue weighted by molar-refractivity contribution is 8.14. The molecule has 3 amide bonds. The van der Waals surface area contributed by atoms with Gasteiger partial charge in [0.25, 0.3) is 5.24 Å². The van der Waals surface area contributed by atoms with E-state index in [0.29, 0.717) is 18.7 Å². The van der Waals surface area contributed by atoms with Crippen molar-refractivity contribution in [3.8, 4) is 0 Å². The van der Waals surface area contributed by atoms with Crippen molar-refractivity contribution in [3.05, 3.63) is 29.8 Å². The summed E-state index contributed by atoms with van der Waals surface area (Å²) in [7, 11) is 0. The Morgan fingerprint density at radius 3 is 2.65 bits per heavy atom. The van der Waals surface area contributed by atoms with Gasteiger partial charge in [0.2, 0.25) is 11.8 Å². The van der Waals surface area contributed by atoms with Gasteiger partial charge < -0.3 is 15.7 Å². The van der Waals surface area contributed by atoms with Gasteiger partial charge in [-0.05, 0) is 24.1 Å². The van der Waals surface area contributed by atoms with Crippen molar-refractivity contribution >= 4 is 34.5 Å². The summed E-state index contributed by atoms with van der Waals surface area (Å²) in [6, 6.07) is 6.63. The van der Waals surface area contributed by atoms with Gasteiger partial charge in [-0.15, -0.1) is 0 Å². The van der Waals surface area contributed by atoms with E-state index in [1.54, 1.807) is 24.3 Å². The monoisotopic (exact) mass is 335 g/mol. The minimum absolute atomic E-state index is 0.178. The zero-order chi connectivity index (χ0) is 16.4. The number of amides is 3. The molecule has 7 nitrogen and oxygen atoms in total. The first kappa shape index (κ1) is 16.0. The van der Waals surface area contributed by atoms with E-state index in [0.717, 1.165) is 17.3 Å². The van der Waals surface area contributed by atoms with Gasteiger partial charge >= 0.3 is 0 Å². The molecule has 0 spiro atoms. The molecule has 8 heteroatoms. The summed E-state index contributed by atoms with van der Waals surface area (Å²) >= 11 is 1.01. The fraction of sp³-hybridized carbons (Fsp3) is 0.400. The van der Waals surface area contributed by atoms with Gasteiger partial charge in [0.05, 0.1) is 24.4 Å². The van der Waals surface area contributed by atoms with E-state index in [9.17, 15) is 19.5 Å². The number of hydrogen-bond donors (Lipinski definition) is 3. The van der Waals surface area contributed by atoms with E-state index in [2.05, 4.69) is 10.6 Å². The number of β-amino-alcohol motifs (C(OH)–C–C–N with tert-alkyl or cyclic N) is 1. The van der Waals surface area contributed by atoms with Crippen molar-refractivity contribution in [2.45, 2.75) is 25.1 Å². The Labute approximate surface area is 137 Å². The van der Waals surface area contributed by atoms with Crippen LogP contribution in [-0.2, 0) is 16.1 Å². The average molecular weight is 335 g/mol. The number of thioether (sulfide) groups is 1. The number of carbonyl (C=O) groups is 3. The Balaban J connectivity index is 1.58. The number of nitrogens with zero attached hydrogens (tertiary/aromatic N) is 1. The molecule has 2 fully saturated rings. The highest BCUT2D eigenvalue weighted by Crippen LogP contribution is 2.22. The highest BCUT2D eigenvalue weighted by Gasteiger charge is 2.30. The van der Waals surface area contributed by atoms with Crippen molar-refractivity contribution in [3.63, 3.8) is 0 Å². The first-order valence-corrected chi connectivity index (χ1v) is 8.30. The molecule has 2 heterocycles. The van der Waals surface area contributed by atoms with Gasteiger partial charge in [-0.25, -0.2) is 0 Å². The zero-order valence-electron chi connectivity index (χ0n) is 12.3. The van der Waals surface area contributed by atoms with Gasteiger partial charge in [0, 0.05) is 12.2 Å². The lowest BCUT2D eigenvalue weighted by Crippen LogP contribution is -2.35. The van der Waals surface area contributed by atoms with Gasteiger partial charge in [-0.1, -0.05) is 23.9 Å². The minimum Gasteiger partial charge on any atom is -0.392 e. The molecule has 2 atom stereocenters. The first-order chi connectivity index (χ1) is 11.0. The van der Waals surface area contributed by atoms with Crippen molar-refractivity contribution < 1.29 is 19.5 Å².